The fourth-order valence-electron chi connectivity index (χ4n) is 2.32. The quantitative estimate of drug-likeness (QED) is 0.694. The van der Waals surface area contributed by atoms with Gasteiger partial charge in [0.1, 0.15) is 6.17 Å². The Hall–Kier alpha value is -1.16. The molecule has 4 heteroatoms. The third-order valence-corrected chi connectivity index (χ3v) is 3.36. The van der Waals surface area contributed by atoms with Crippen LogP contribution in [0.3, 0.4) is 0 Å². The molecule has 2 aliphatic rings. The van der Waals surface area contributed by atoms with Crippen molar-refractivity contribution in [3.63, 3.8) is 0 Å². The molecule has 1 aromatic rings. The van der Waals surface area contributed by atoms with E-state index in [1.165, 1.54) is 0 Å². The van der Waals surface area contributed by atoms with Gasteiger partial charge in [0.05, 0.1) is 18.6 Å². The summed E-state index contributed by atoms with van der Waals surface area (Å²) >= 11 is 0. The van der Waals surface area contributed by atoms with Crippen LogP contribution < -0.4 is 4.90 Å². The van der Waals surface area contributed by atoms with Crippen molar-refractivity contribution in [2.24, 2.45) is 5.41 Å². The predicted molar refractivity (Wildman–Crippen MR) is 54.6 cm³/mol. The second-order valence-electron chi connectivity index (χ2n) is 4.41. The second-order valence-corrected chi connectivity index (χ2v) is 4.41. The first-order valence-corrected chi connectivity index (χ1v) is 5.17. The Morgan fingerprint density at radius 3 is 2.67 bits per heavy atom. The van der Waals surface area contributed by atoms with Gasteiger partial charge >= 0.3 is 0 Å². The fourth-order valence-corrected chi connectivity index (χ4v) is 2.32. The molecule has 80 valence electrons. The molecule has 0 aromatic carbocycles. The maximum Gasteiger partial charge on any atom is 0.129 e. The molecular formula is C11H13FN2O. The number of rotatable bonds is 1. The number of pyridine rings is 1. The number of ether oxygens (including phenoxy) is 1. The van der Waals surface area contributed by atoms with Crippen molar-refractivity contribution in [2.75, 3.05) is 31.2 Å². The molecule has 3 rings (SSSR count). The second kappa shape index (κ2) is 3.17. The largest absolute Gasteiger partial charge is 0.380 e. The van der Waals surface area contributed by atoms with Crippen LogP contribution in [-0.4, -0.2) is 37.5 Å². The summed E-state index contributed by atoms with van der Waals surface area (Å²) in [7, 11) is 0. The van der Waals surface area contributed by atoms with Gasteiger partial charge in [0, 0.05) is 31.2 Å². The van der Waals surface area contributed by atoms with Crippen LogP contribution in [0.25, 0.3) is 0 Å². The van der Waals surface area contributed by atoms with Gasteiger partial charge in [-0.1, -0.05) is 0 Å². The summed E-state index contributed by atoms with van der Waals surface area (Å²) in [5.41, 5.74) is 0.819. The summed E-state index contributed by atoms with van der Waals surface area (Å²) in [6, 6.07) is 3.84. The lowest BCUT2D eigenvalue weighted by Crippen LogP contribution is -2.49. The first-order valence-electron chi connectivity index (χ1n) is 5.17. The monoisotopic (exact) mass is 208 g/mol. The highest BCUT2D eigenvalue weighted by Crippen LogP contribution is 2.41. The highest BCUT2D eigenvalue weighted by Gasteiger charge is 2.52. The van der Waals surface area contributed by atoms with Gasteiger partial charge in [0.2, 0.25) is 0 Å². The van der Waals surface area contributed by atoms with Crippen molar-refractivity contribution in [1.82, 2.24) is 4.98 Å². The fraction of sp³-hybridized carbons (Fsp3) is 0.545. The van der Waals surface area contributed by atoms with E-state index in [4.69, 9.17) is 4.74 Å². The Kier molecular flexibility index (Phi) is 1.92. The van der Waals surface area contributed by atoms with Gasteiger partial charge in [0.25, 0.3) is 0 Å². The van der Waals surface area contributed by atoms with Gasteiger partial charge in [-0.3, -0.25) is 4.98 Å². The van der Waals surface area contributed by atoms with Gasteiger partial charge in [0.15, 0.2) is 0 Å². The zero-order valence-electron chi connectivity index (χ0n) is 8.40. The summed E-state index contributed by atoms with van der Waals surface area (Å²) in [6.07, 6.45) is 2.72. The molecule has 0 aliphatic carbocycles. The summed E-state index contributed by atoms with van der Waals surface area (Å²) in [6.45, 7) is 2.37. The summed E-state index contributed by atoms with van der Waals surface area (Å²) in [4.78, 5) is 6.04. The number of aromatic nitrogens is 1. The molecule has 2 saturated heterocycles. The molecule has 0 bridgehead atoms. The van der Waals surface area contributed by atoms with Gasteiger partial charge in [-0.05, 0) is 12.1 Å². The number of hydrogen-bond donors (Lipinski definition) is 0. The van der Waals surface area contributed by atoms with Crippen molar-refractivity contribution in [3.05, 3.63) is 24.5 Å². The molecule has 0 saturated carbocycles. The number of halogens is 1. The predicted octanol–water partition coefficient (Wildman–Crippen LogP) is 1.26. The lowest BCUT2D eigenvalue weighted by Gasteiger charge is -2.39. The van der Waals surface area contributed by atoms with E-state index in [0.29, 0.717) is 19.8 Å². The number of nitrogens with zero attached hydrogens (tertiary/aromatic N) is 2. The third kappa shape index (κ3) is 1.32. The average Bonchev–Trinajstić information content (AvgIpc) is 2.57. The normalized spacial score (nSPS) is 28.1. The first kappa shape index (κ1) is 9.09. The number of hydrogen-bond acceptors (Lipinski definition) is 3. The number of alkyl halides is 1. The molecular weight excluding hydrogens is 195 g/mol. The van der Waals surface area contributed by atoms with Crippen LogP contribution in [0.2, 0.25) is 0 Å². The molecule has 3 nitrogen and oxygen atoms in total. The van der Waals surface area contributed by atoms with E-state index < -0.39 is 6.17 Å². The SMILES string of the molecule is FC1CN(c2ccncc2)CC12COC2. The number of anilines is 1. The van der Waals surface area contributed by atoms with Gasteiger partial charge in [-0.2, -0.15) is 0 Å². The highest BCUT2D eigenvalue weighted by atomic mass is 19.1. The van der Waals surface area contributed by atoms with Gasteiger partial charge in [-0.25, -0.2) is 4.39 Å². The Labute approximate surface area is 87.9 Å². The Morgan fingerprint density at radius 1 is 1.40 bits per heavy atom. The van der Waals surface area contributed by atoms with Crippen molar-refractivity contribution in [1.29, 1.82) is 0 Å². The highest BCUT2D eigenvalue weighted by molar-refractivity contribution is 5.47. The zero-order chi connectivity index (χ0) is 10.3. The van der Waals surface area contributed by atoms with Crippen LogP contribution in [0.4, 0.5) is 10.1 Å². The van der Waals surface area contributed by atoms with E-state index in [-0.39, 0.29) is 5.41 Å². The molecule has 1 spiro atoms. The standard InChI is InChI=1S/C11H13FN2O/c12-10-5-14(6-11(10)7-15-8-11)9-1-3-13-4-2-9/h1-4,10H,5-8H2. The van der Waals surface area contributed by atoms with Crippen LogP contribution in [0.5, 0.6) is 0 Å². The molecule has 3 heterocycles. The van der Waals surface area contributed by atoms with Crippen molar-refractivity contribution in [2.45, 2.75) is 6.17 Å². The minimum absolute atomic E-state index is 0.233. The van der Waals surface area contributed by atoms with Crippen LogP contribution >= 0.6 is 0 Å². The molecule has 2 fully saturated rings. The molecule has 15 heavy (non-hydrogen) atoms. The molecule has 0 N–H and O–H groups in total. The minimum Gasteiger partial charge on any atom is -0.380 e. The Balaban J connectivity index is 1.81. The van der Waals surface area contributed by atoms with Gasteiger partial charge < -0.3 is 9.64 Å². The smallest absolute Gasteiger partial charge is 0.129 e. The molecule has 1 atom stereocenters. The molecule has 0 radical (unpaired) electrons. The van der Waals surface area contributed by atoms with Gasteiger partial charge in [-0.15, -0.1) is 0 Å². The Bertz CT molecular complexity index is 353. The Morgan fingerprint density at radius 2 is 2.13 bits per heavy atom. The third-order valence-electron chi connectivity index (χ3n) is 3.36. The van der Waals surface area contributed by atoms with Crippen molar-refractivity contribution < 1.29 is 9.13 Å². The first-order chi connectivity index (χ1) is 7.30. The van der Waals surface area contributed by atoms with E-state index in [2.05, 4.69) is 9.88 Å². The van der Waals surface area contributed by atoms with Crippen LogP contribution in [0.15, 0.2) is 24.5 Å². The summed E-state index contributed by atoms with van der Waals surface area (Å²) in [5, 5.41) is 0. The van der Waals surface area contributed by atoms with Crippen molar-refractivity contribution >= 4 is 5.69 Å². The van der Waals surface area contributed by atoms with Crippen LogP contribution in [0, 0.1) is 5.41 Å². The zero-order valence-corrected chi connectivity index (χ0v) is 8.40. The maximum atomic E-state index is 13.8. The van der Waals surface area contributed by atoms with E-state index in [1.54, 1.807) is 12.4 Å². The van der Waals surface area contributed by atoms with Crippen LogP contribution in [-0.2, 0) is 4.74 Å². The molecule has 0 amide bonds. The average molecular weight is 208 g/mol. The summed E-state index contributed by atoms with van der Waals surface area (Å²) in [5.74, 6) is 0. The van der Waals surface area contributed by atoms with E-state index in [0.717, 1.165) is 12.2 Å². The lowest BCUT2D eigenvalue weighted by atomic mass is 9.84. The molecule has 1 aromatic heterocycles. The van der Waals surface area contributed by atoms with Crippen LogP contribution in [0.1, 0.15) is 0 Å². The molecule has 2 aliphatic heterocycles. The molecule has 1 unspecified atom stereocenters. The van der Waals surface area contributed by atoms with E-state index in [9.17, 15) is 4.39 Å². The van der Waals surface area contributed by atoms with E-state index >= 15 is 0 Å². The van der Waals surface area contributed by atoms with E-state index in [1.807, 2.05) is 12.1 Å². The van der Waals surface area contributed by atoms with Crippen molar-refractivity contribution in [3.8, 4) is 0 Å². The summed E-state index contributed by atoms with van der Waals surface area (Å²) < 4.78 is 19.0. The lowest BCUT2D eigenvalue weighted by molar-refractivity contribution is -0.128. The topological polar surface area (TPSA) is 25.4 Å². The minimum atomic E-state index is -0.764. The maximum absolute atomic E-state index is 13.8.